The molecule has 0 saturated heterocycles. The van der Waals surface area contributed by atoms with E-state index in [4.69, 9.17) is 9.26 Å². The number of aromatic carboxylic acids is 1. The zero-order valence-corrected chi connectivity index (χ0v) is 15.3. The van der Waals surface area contributed by atoms with Gasteiger partial charge >= 0.3 is 5.97 Å². The molecule has 0 radical (unpaired) electrons. The number of ether oxygens (including phenoxy) is 1. The number of carboxylic acid groups (broad SMARTS) is 1. The lowest BCUT2D eigenvalue weighted by Gasteiger charge is -2.16. The predicted octanol–water partition coefficient (Wildman–Crippen LogP) is 3.22. The molecule has 0 spiro atoms. The first-order valence-corrected chi connectivity index (χ1v) is 8.60. The van der Waals surface area contributed by atoms with E-state index in [1.165, 1.54) is 6.33 Å². The quantitative estimate of drug-likeness (QED) is 0.620. The van der Waals surface area contributed by atoms with E-state index in [2.05, 4.69) is 20.6 Å². The Balaban J connectivity index is 1.96. The minimum absolute atomic E-state index is 0.0267. The van der Waals surface area contributed by atoms with Crippen LogP contribution in [0.25, 0.3) is 11.3 Å². The van der Waals surface area contributed by atoms with Crippen LogP contribution in [0.15, 0.2) is 35.1 Å². The van der Waals surface area contributed by atoms with Crippen LogP contribution in [0.3, 0.4) is 0 Å². The average molecular weight is 371 g/mol. The van der Waals surface area contributed by atoms with Gasteiger partial charge in [0.25, 0.3) is 0 Å². The average Bonchev–Trinajstić information content (AvgIpc) is 3.32. The van der Waals surface area contributed by atoms with Crippen LogP contribution in [-0.4, -0.2) is 38.1 Å². The third kappa shape index (κ3) is 3.62. The molecular weight excluding hydrogens is 350 g/mol. The van der Waals surface area contributed by atoms with E-state index in [0.29, 0.717) is 30.1 Å². The van der Waals surface area contributed by atoms with Gasteiger partial charge in [0, 0.05) is 12.1 Å². The highest BCUT2D eigenvalue weighted by atomic mass is 16.5. The van der Waals surface area contributed by atoms with Gasteiger partial charge in [0.15, 0.2) is 17.1 Å². The Kier molecular flexibility index (Phi) is 5.39. The van der Waals surface area contributed by atoms with Crippen LogP contribution in [0.4, 0.5) is 5.82 Å². The van der Waals surface area contributed by atoms with Crippen molar-refractivity contribution in [1.29, 1.82) is 0 Å². The summed E-state index contributed by atoms with van der Waals surface area (Å²) in [5, 5.41) is 21.0. The molecule has 3 rings (SSSR count). The fourth-order valence-electron chi connectivity index (χ4n) is 2.83. The molecule has 3 aromatic rings. The van der Waals surface area contributed by atoms with Gasteiger partial charge in [-0.1, -0.05) is 12.1 Å². The second-order valence-corrected chi connectivity index (χ2v) is 5.81. The van der Waals surface area contributed by atoms with Crippen LogP contribution in [-0.2, 0) is 6.54 Å². The summed E-state index contributed by atoms with van der Waals surface area (Å²) in [6, 6.07) is 6.66. The third-order valence-corrected chi connectivity index (χ3v) is 4.23. The number of benzene rings is 1. The monoisotopic (exact) mass is 371 g/mol. The Hall–Kier alpha value is -3.36. The van der Waals surface area contributed by atoms with E-state index in [0.717, 1.165) is 0 Å². The van der Waals surface area contributed by atoms with Crippen molar-refractivity contribution >= 4 is 11.8 Å². The fourth-order valence-corrected chi connectivity index (χ4v) is 2.83. The molecule has 0 aliphatic rings. The highest BCUT2D eigenvalue weighted by molar-refractivity contribution is 5.99. The highest BCUT2D eigenvalue weighted by Crippen LogP contribution is 2.32. The van der Waals surface area contributed by atoms with Crippen molar-refractivity contribution < 1.29 is 19.2 Å². The van der Waals surface area contributed by atoms with Crippen molar-refractivity contribution in [3.63, 3.8) is 0 Å². The van der Waals surface area contributed by atoms with Crippen molar-refractivity contribution in [2.45, 2.75) is 32.9 Å². The summed E-state index contributed by atoms with van der Waals surface area (Å²) < 4.78 is 12.2. The zero-order valence-electron chi connectivity index (χ0n) is 15.3. The minimum Gasteiger partial charge on any atom is -0.497 e. The van der Waals surface area contributed by atoms with Gasteiger partial charge in [0.05, 0.1) is 13.2 Å². The molecule has 1 aromatic carbocycles. The number of hydrogen-bond acceptors (Lipinski definition) is 7. The van der Waals surface area contributed by atoms with E-state index >= 15 is 0 Å². The molecule has 9 heteroatoms. The lowest BCUT2D eigenvalue weighted by molar-refractivity contribution is 0.0698. The summed E-state index contributed by atoms with van der Waals surface area (Å²) >= 11 is 0. The van der Waals surface area contributed by atoms with Gasteiger partial charge in [-0.3, -0.25) is 0 Å². The molecule has 142 valence electrons. The molecule has 1 atom stereocenters. The fraction of sp³-hybridized carbons (Fsp3) is 0.333. The molecule has 2 aromatic heterocycles. The summed E-state index contributed by atoms with van der Waals surface area (Å²) in [5.74, 6) is 0.588. The largest absolute Gasteiger partial charge is 0.497 e. The number of rotatable bonds is 8. The van der Waals surface area contributed by atoms with Crippen molar-refractivity contribution in [3.8, 4) is 17.1 Å². The molecule has 0 aliphatic heterocycles. The van der Waals surface area contributed by atoms with E-state index in [1.54, 1.807) is 36.1 Å². The molecule has 0 fully saturated rings. The second-order valence-electron chi connectivity index (χ2n) is 5.81. The van der Waals surface area contributed by atoms with E-state index < -0.39 is 5.97 Å². The summed E-state index contributed by atoms with van der Waals surface area (Å²) in [6.07, 6.45) is 2.15. The van der Waals surface area contributed by atoms with Crippen LogP contribution in [0.1, 0.15) is 42.5 Å². The molecular formula is C18H21N5O4. The van der Waals surface area contributed by atoms with Gasteiger partial charge < -0.3 is 19.7 Å². The number of nitrogens with one attached hydrogen (secondary N) is 1. The number of carboxylic acids is 1. The normalized spacial score (nSPS) is 12.0. The van der Waals surface area contributed by atoms with E-state index in [1.807, 2.05) is 13.8 Å². The summed E-state index contributed by atoms with van der Waals surface area (Å²) in [6.45, 7) is 4.60. The Morgan fingerprint density at radius 3 is 2.67 bits per heavy atom. The standard InChI is InChI=1S/C18H21N5O4/c1-4-13(17-19-10-20-23(17)5-2)21-16-14(18(24)25)15(27-22-16)11-6-8-12(26-3)9-7-11/h6-10,13H,4-5H2,1-3H3,(H,21,22)(H,24,25). The van der Waals surface area contributed by atoms with Gasteiger partial charge in [-0.05, 0) is 37.6 Å². The zero-order chi connectivity index (χ0) is 19.4. The number of methoxy groups -OCH3 is 1. The lowest BCUT2D eigenvalue weighted by atomic mass is 10.1. The summed E-state index contributed by atoms with van der Waals surface area (Å²) in [7, 11) is 1.56. The molecule has 0 saturated carbocycles. The Morgan fingerprint density at radius 1 is 1.33 bits per heavy atom. The number of nitrogens with zero attached hydrogens (tertiary/aromatic N) is 4. The molecule has 0 aliphatic carbocycles. The summed E-state index contributed by atoms with van der Waals surface area (Å²) in [5.41, 5.74) is 0.569. The van der Waals surface area contributed by atoms with Crippen LogP contribution in [0, 0.1) is 0 Å². The van der Waals surface area contributed by atoms with Crippen LogP contribution in [0.2, 0.25) is 0 Å². The van der Waals surface area contributed by atoms with E-state index in [-0.39, 0.29) is 23.2 Å². The maximum atomic E-state index is 11.9. The maximum absolute atomic E-state index is 11.9. The first-order valence-electron chi connectivity index (χ1n) is 8.60. The van der Waals surface area contributed by atoms with Gasteiger partial charge in [0.2, 0.25) is 0 Å². The number of aryl methyl sites for hydroxylation is 1. The van der Waals surface area contributed by atoms with Crippen LogP contribution in [0.5, 0.6) is 5.75 Å². The maximum Gasteiger partial charge on any atom is 0.343 e. The minimum atomic E-state index is -1.13. The van der Waals surface area contributed by atoms with Crippen molar-refractivity contribution in [2.75, 3.05) is 12.4 Å². The number of aromatic nitrogens is 4. The molecule has 0 amide bonds. The first-order chi connectivity index (χ1) is 13.1. The molecule has 0 bridgehead atoms. The smallest absolute Gasteiger partial charge is 0.343 e. The number of hydrogen-bond donors (Lipinski definition) is 2. The van der Waals surface area contributed by atoms with Crippen molar-refractivity contribution in [1.82, 2.24) is 19.9 Å². The molecule has 2 N–H and O–H groups in total. The van der Waals surface area contributed by atoms with Crippen molar-refractivity contribution in [2.24, 2.45) is 0 Å². The van der Waals surface area contributed by atoms with E-state index in [9.17, 15) is 9.90 Å². The Morgan fingerprint density at radius 2 is 2.07 bits per heavy atom. The molecule has 9 nitrogen and oxygen atoms in total. The Labute approximate surface area is 156 Å². The topological polar surface area (TPSA) is 115 Å². The van der Waals surface area contributed by atoms with Gasteiger partial charge in [-0.15, -0.1) is 0 Å². The van der Waals surface area contributed by atoms with Gasteiger partial charge in [-0.2, -0.15) is 5.10 Å². The van der Waals surface area contributed by atoms with Crippen molar-refractivity contribution in [3.05, 3.63) is 42.0 Å². The first kappa shape index (κ1) is 18.4. The van der Waals surface area contributed by atoms with Crippen LogP contribution < -0.4 is 10.1 Å². The summed E-state index contributed by atoms with van der Waals surface area (Å²) in [4.78, 5) is 16.2. The molecule has 1 unspecified atom stereocenters. The SMILES string of the molecule is CCC(Nc1noc(-c2ccc(OC)cc2)c1C(=O)O)c1ncnn1CC. The van der Waals surface area contributed by atoms with Gasteiger partial charge in [-0.25, -0.2) is 14.5 Å². The second kappa shape index (κ2) is 7.90. The predicted molar refractivity (Wildman–Crippen MR) is 97.8 cm³/mol. The Bertz CT molecular complexity index is 916. The number of carbonyl (C=O) groups is 1. The third-order valence-electron chi connectivity index (χ3n) is 4.23. The van der Waals surface area contributed by atoms with Gasteiger partial charge in [0.1, 0.15) is 17.9 Å². The van der Waals surface area contributed by atoms with Crippen LogP contribution >= 0.6 is 0 Å². The molecule has 2 heterocycles. The lowest BCUT2D eigenvalue weighted by Crippen LogP contribution is -2.18. The highest BCUT2D eigenvalue weighted by Gasteiger charge is 2.27. The molecule has 27 heavy (non-hydrogen) atoms. The number of anilines is 1.